The number of benzene rings is 2. The van der Waals surface area contributed by atoms with Gasteiger partial charge in [0.15, 0.2) is 15.9 Å². The molecule has 0 aliphatic carbocycles. The van der Waals surface area contributed by atoms with Crippen LogP contribution < -0.4 is 4.74 Å². The van der Waals surface area contributed by atoms with E-state index in [1.165, 1.54) is 50.6 Å². The lowest BCUT2D eigenvalue weighted by Gasteiger charge is -2.24. The number of sulfone groups is 1. The quantitative estimate of drug-likeness (QED) is 0.786. The maximum absolute atomic E-state index is 13.6. The molecule has 0 radical (unpaired) electrons. The Morgan fingerprint density at radius 1 is 1.04 bits per heavy atom. The second kappa shape index (κ2) is 7.14. The van der Waals surface area contributed by atoms with Crippen molar-refractivity contribution in [2.24, 2.45) is 0 Å². The first-order valence-electron chi connectivity index (χ1n) is 8.05. The molecule has 3 rings (SSSR count). The average Bonchev–Trinajstić information content (AvgIpc) is 3.01. The third-order valence-corrected chi connectivity index (χ3v) is 6.64. The zero-order chi connectivity index (χ0) is 19.8. The van der Waals surface area contributed by atoms with Crippen molar-refractivity contribution in [1.29, 1.82) is 0 Å². The summed E-state index contributed by atoms with van der Waals surface area (Å²) in [6.07, 6.45) is -7.32. The van der Waals surface area contributed by atoms with Gasteiger partial charge in [-0.1, -0.05) is 30.3 Å². The molecule has 1 aliphatic heterocycles. The fourth-order valence-corrected chi connectivity index (χ4v) is 5.27. The van der Waals surface area contributed by atoms with Gasteiger partial charge in [0, 0.05) is 7.05 Å². The molecule has 0 N–H and O–H groups in total. The van der Waals surface area contributed by atoms with E-state index < -0.39 is 33.4 Å². The molecule has 2 aromatic rings. The van der Waals surface area contributed by atoms with Gasteiger partial charge in [-0.2, -0.15) is 18.2 Å². The van der Waals surface area contributed by atoms with E-state index in [0.29, 0.717) is 11.3 Å². The number of rotatable bonds is 4. The number of methoxy groups -OCH3 is 1. The van der Waals surface area contributed by atoms with Gasteiger partial charge in [0.05, 0.1) is 18.0 Å². The Balaban J connectivity index is 2.12. The van der Waals surface area contributed by atoms with Gasteiger partial charge < -0.3 is 4.74 Å². The first-order chi connectivity index (χ1) is 12.7. The molecule has 27 heavy (non-hydrogen) atoms. The number of hydroxylamine groups is 2. The fraction of sp³-hybridized carbons (Fsp3) is 0.333. The van der Waals surface area contributed by atoms with Gasteiger partial charge in [-0.3, -0.25) is 4.84 Å². The van der Waals surface area contributed by atoms with Gasteiger partial charge in [0.25, 0.3) is 0 Å². The van der Waals surface area contributed by atoms with Crippen molar-refractivity contribution in [1.82, 2.24) is 5.06 Å². The van der Waals surface area contributed by atoms with E-state index in [4.69, 9.17) is 9.57 Å². The van der Waals surface area contributed by atoms with Crippen molar-refractivity contribution < 1.29 is 31.2 Å². The third-order valence-electron chi connectivity index (χ3n) is 4.49. The van der Waals surface area contributed by atoms with E-state index in [9.17, 15) is 21.6 Å². The Morgan fingerprint density at radius 2 is 1.63 bits per heavy atom. The third kappa shape index (κ3) is 3.67. The minimum atomic E-state index is -4.85. The van der Waals surface area contributed by atoms with Gasteiger partial charge in [-0.05, 0) is 29.8 Å². The van der Waals surface area contributed by atoms with E-state index in [0.717, 1.165) is 5.06 Å². The summed E-state index contributed by atoms with van der Waals surface area (Å²) < 4.78 is 72.1. The standard InChI is InChI=1S/C18H18F3NO4S/c1-22-15(12-8-10-13(25-2)11-9-12)16(17(26-22)18(19,20)21)27(23,24)14-6-4-3-5-7-14/h3-11,15-17H,1-2H3/t15-,16-,17-/m0/s1. The molecular weight excluding hydrogens is 383 g/mol. The molecule has 1 aliphatic rings. The summed E-state index contributed by atoms with van der Waals surface area (Å²) in [7, 11) is -1.57. The van der Waals surface area contributed by atoms with Crippen LogP contribution in [-0.4, -0.2) is 45.2 Å². The lowest BCUT2D eigenvalue weighted by molar-refractivity contribution is -0.260. The average molecular weight is 401 g/mol. The summed E-state index contributed by atoms with van der Waals surface area (Å²) >= 11 is 0. The number of hydrogen-bond acceptors (Lipinski definition) is 5. The van der Waals surface area contributed by atoms with E-state index in [1.54, 1.807) is 18.2 Å². The Morgan fingerprint density at radius 3 is 2.15 bits per heavy atom. The topological polar surface area (TPSA) is 55.8 Å². The summed E-state index contributed by atoms with van der Waals surface area (Å²) in [5, 5.41) is -0.885. The SMILES string of the molecule is COc1ccc([C@H]2[C@H](S(=O)(=O)c3ccccc3)[C@@H](C(F)(F)F)ON2C)cc1. The normalized spacial score (nSPS) is 24.1. The Hall–Kier alpha value is -2.10. The molecule has 1 fully saturated rings. The largest absolute Gasteiger partial charge is 0.497 e. The zero-order valence-corrected chi connectivity index (χ0v) is 15.4. The van der Waals surface area contributed by atoms with Crippen LogP contribution in [0.25, 0.3) is 0 Å². The predicted molar refractivity (Wildman–Crippen MR) is 91.8 cm³/mol. The summed E-state index contributed by atoms with van der Waals surface area (Å²) in [4.78, 5) is 4.79. The van der Waals surface area contributed by atoms with Crippen molar-refractivity contribution in [3.8, 4) is 5.75 Å². The van der Waals surface area contributed by atoms with Crippen molar-refractivity contribution in [2.45, 2.75) is 28.5 Å². The molecule has 0 unspecified atom stereocenters. The van der Waals surface area contributed by atoms with E-state index >= 15 is 0 Å². The molecule has 0 spiro atoms. The fourth-order valence-electron chi connectivity index (χ4n) is 3.22. The molecule has 2 aromatic carbocycles. The van der Waals surface area contributed by atoms with E-state index in [1.807, 2.05) is 0 Å². The molecule has 0 aromatic heterocycles. The van der Waals surface area contributed by atoms with Crippen LogP contribution in [0, 0.1) is 0 Å². The van der Waals surface area contributed by atoms with Gasteiger partial charge in [0.2, 0.25) is 0 Å². The molecule has 3 atom stereocenters. The summed E-state index contributed by atoms with van der Waals surface area (Å²) in [5.74, 6) is 0.509. The monoisotopic (exact) mass is 401 g/mol. The number of halogens is 3. The van der Waals surface area contributed by atoms with Crippen molar-refractivity contribution in [2.75, 3.05) is 14.2 Å². The van der Waals surface area contributed by atoms with Crippen LogP contribution in [0.15, 0.2) is 59.5 Å². The maximum atomic E-state index is 13.6. The molecule has 0 amide bonds. The Kier molecular flexibility index (Phi) is 5.20. The molecule has 5 nitrogen and oxygen atoms in total. The highest BCUT2D eigenvalue weighted by Crippen LogP contribution is 2.45. The maximum Gasteiger partial charge on any atom is 0.418 e. The number of hydrogen-bond donors (Lipinski definition) is 0. The van der Waals surface area contributed by atoms with Crippen LogP contribution in [-0.2, 0) is 14.7 Å². The van der Waals surface area contributed by atoms with Crippen molar-refractivity contribution in [3.63, 3.8) is 0 Å². The minimum Gasteiger partial charge on any atom is -0.497 e. The molecule has 1 heterocycles. The number of nitrogens with zero attached hydrogens (tertiary/aromatic N) is 1. The minimum absolute atomic E-state index is 0.179. The van der Waals surface area contributed by atoms with Gasteiger partial charge in [0.1, 0.15) is 11.0 Å². The van der Waals surface area contributed by atoms with Crippen LogP contribution in [0.3, 0.4) is 0 Å². The summed E-state index contributed by atoms with van der Waals surface area (Å²) in [6, 6.07) is 12.2. The molecule has 1 saturated heterocycles. The highest BCUT2D eigenvalue weighted by Gasteiger charge is 2.60. The smallest absolute Gasteiger partial charge is 0.418 e. The zero-order valence-electron chi connectivity index (χ0n) is 14.6. The van der Waals surface area contributed by atoms with E-state index in [-0.39, 0.29) is 4.90 Å². The number of ether oxygens (including phenoxy) is 1. The molecule has 0 bridgehead atoms. The van der Waals surface area contributed by atoms with Gasteiger partial charge in [-0.15, -0.1) is 0 Å². The van der Waals surface area contributed by atoms with Crippen LogP contribution >= 0.6 is 0 Å². The number of alkyl halides is 3. The lowest BCUT2D eigenvalue weighted by atomic mass is 10.0. The van der Waals surface area contributed by atoms with Crippen LogP contribution in [0.5, 0.6) is 5.75 Å². The summed E-state index contributed by atoms with van der Waals surface area (Å²) in [5.41, 5.74) is 0.384. The first kappa shape index (κ1) is 19.7. The predicted octanol–water partition coefficient (Wildman–Crippen LogP) is 3.39. The van der Waals surface area contributed by atoms with Gasteiger partial charge >= 0.3 is 6.18 Å². The second-order valence-electron chi connectivity index (χ2n) is 6.15. The molecule has 146 valence electrons. The van der Waals surface area contributed by atoms with Crippen LogP contribution in [0.1, 0.15) is 11.6 Å². The van der Waals surface area contributed by atoms with Gasteiger partial charge in [-0.25, -0.2) is 8.42 Å². The van der Waals surface area contributed by atoms with Crippen LogP contribution in [0.2, 0.25) is 0 Å². The lowest BCUT2D eigenvalue weighted by Crippen LogP contribution is -2.43. The molecular formula is C18H18F3NO4S. The first-order valence-corrected chi connectivity index (χ1v) is 9.60. The molecule has 9 heteroatoms. The van der Waals surface area contributed by atoms with Crippen LogP contribution in [0.4, 0.5) is 13.2 Å². The van der Waals surface area contributed by atoms with Crippen molar-refractivity contribution in [3.05, 3.63) is 60.2 Å². The van der Waals surface area contributed by atoms with Crippen molar-refractivity contribution >= 4 is 9.84 Å². The Labute approximate surface area is 155 Å². The van der Waals surface area contributed by atoms with E-state index in [2.05, 4.69) is 0 Å². The molecule has 0 saturated carbocycles. The Bertz CT molecular complexity index is 885. The summed E-state index contributed by atoms with van der Waals surface area (Å²) in [6.45, 7) is 0. The highest BCUT2D eigenvalue weighted by molar-refractivity contribution is 7.92. The second-order valence-corrected chi connectivity index (χ2v) is 8.26. The highest BCUT2D eigenvalue weighted by atomic mass is 32.2.